The molecule has 0 saturated carbocycles. The maximum atomic E-state index is 13.0. The molecule has 33 heavy (non-hydrogen) atoms. The molecular formula is C23H23F3N2O5. The first-order valence-electron chi connectivity index (χ1n) is 10.5. The van der Waals surface area contributed by atoms with E-state index in [1.54, 1.807) is 17.0 Å². The number of nitrogens with zero attached hydrogens (tertiary/aromatic N) is 1. The van der Waals surface area contributed by atoms with Gasteiger partial charge in [-0.25, -0.2) is 0 Å². The van der Waals surface area contributed by atoms with Crippen molar-refractivity contribution < 1.29 is 37.0 Å². The molecule has 0 radical (unpaired) electrons. The average Bonchev–Trinajstić information content (AvgIpc) is 3.43. The van der Waals surface area contributed by atoms with Crippen LogP contribution in [0.25, 0.3) is 0 Å². The van der Waals surface area contributed by atoms with Gasteiger partial charge < -0.3 is 24.4 Å². The van der Waals surface area contributed by atoms with Crippen LogP contribution in [0.4, 0.5) is 18.9 Å². The van der Waals surface area contributed by atoms with Crippen LogP contribution in [-0.2, 0) is 20.5 Å². The number of benzene rings is 2. The van der Waals surface area contributed by atoms with Gasteiger partial charge in [0.1, 0.15) is 23.3 Å². The third-order valence-corrected chi connectivity index (χ3v) is 5.70. The van der Waals surface area contributed by atoms with Crippen molar-refractivity contribution in [3.63, 3.8) is 0 Å². The van der Waals surface area contributed by atoms with E-state index in [0.29, 0.717) is 49.7 Å². The first-order valence-corrected chi connectivity index (χ1v) is 10.5. The van der Waals surface area contributed by atoms with Gasteiger partial charge in [0.25, 0.3) is 0 Å². The van der Waals surface area contributed by atoms with Crippen molar-refractivity contribution in [2.24, 2.45) is 0 Å². The summed E-state index contributed by atoms with van der Waals surface area (Å²) >= 11 is 0. The lowest BCUT2D eigenvalue weighted by molar-refractivity contribution is -0.137. The van der Waals surface area contributed by atoms with Gasteiger partial charge in [-0.15, -0.1) is 0 Å². The first-order chi connectivity index (χ1) is 15.8. The molecule has 1 N–H and O–H groups in total. The molecule has 2 amide bonds. The van der Waals surface area contributed by atoms with E-state index in [0.717, 1.165) is 12.1 Å². The number of methoxy groups -OCH3 is 1. The number of amides is 2. The van der Waals surface area contributed by atoms with Crippen LogP contribution in [0.1, 0.15) is 24.8 Å². The maximum absolute atomic E-state index is 13.0. The highest BCUT2D eigenvalue weighted by Crippen LogP contribution is 2.35. The Morgan fingerprint density at radius 1 is 1.12 bits per heavy atom. The second-order valence-corrected chi connectivity index (χ2v) is 7.85. The van der Waals surface area contributed by atoms with Crippen molar-refractivity contribution >= 4 is 17.5 Å². The van der Waals surface area contributed by atoms with Crippen molar-refractivity contribution in [2.75, 3.05) is 25.6 Å². The molecule has 176 valence electrons. The van der Waals surface area contributed by atoms with E-state index in [-0.39, 0.29) is 23.6 Å². The highest BCUT2D eigenvalue weighted by Gasteiger charge is 2.41. The van der Waals surface area contributed by atoms with E-state index in [1.807, 2.05) is 0 Å². The molecule has 0 spiro atoms. The van der Waals surface area contributed by atoms with Crippen molar-refractivity contribution in [3.8, 4) is 17.2 Å². The Balaban J connectivity index is 1.50. The summed E-state index contributed by atoms with van der Waals surface area (Å²) in [5, 5.41) is 2.81. The summed E-state index contributed by atoms with van der Waals surface area (Å²) in [6, 6.07) is 8.24. The highest BCUT2D eigenvalue weighted by molar-refractivity contribution is 6.00. The third-order valence-electron chi connectivity index (χ3n) is 5.70. The molecule has 2 aliphatic heterocycles. The monoisotopic (exact) mass is 464 g/mol. The second kappa shape index (κ2) is 9.30. The fraction of sp³-hybridized carbons (Fsp3) is 0.391. The van der Waals surface area contributed by atoms with Gasteiger partial charge in [-0.2, -0.15) is 13.2 Å². The smallest absolute Gasteiger partial charge is 0.416 e. The Kier molecular flexibility index (Phi) is 6.46. The molecule has 2 atom stereocenters. The van der Waals surface area contributed by atoms with Gasteiger partial charge in [-0.3, -0.25) is 9.59 Å². The number of anilines is 1. The Labute approximate surface area is 188 Å². The van der Waals surface area contributed by atoms with Crippen molar-refractivity contribution in [3.05, 3.63) is 48.0 Å². The van der Waals surface area contributed by atoms with Crippen LogP contribution >= 0.6 is 0 Å². The van der Waals surface area contributed by atoms with Gasteiger partial charge in [0.2, 0.25) is 11.8 Å². The number of ether oxygens (including phenoxy) is 3. The molecule has 0 aromatic heterocycles. The summed E-state index contributed by atoms with van der Waals surface area (Å²) in [6.45, 7) is 0.967. The van der Waals surface area contributed by atoms with Gasteiger partial charge >= 0.3 is 6.18 Å². The molecule has 2 saturated heterocycles. The molecule has 0 bridgehead atoms. The number of carbonyl (C=O) groups excluding carboxylic acids is 2. The minimum Gasteiger partial charge on any atom is -0.495 e. The lowest BCUT2D eigenvalue weighted by atomic mass is 10.1. The molecule has 2 unspecified atom stereocenters. The van der Waals surface area contributed by atoms with Gasteiger partial charge in [-0.1, -0.05) is 0 Å². The molecular weight excluding hydrogens is 441 g/mol. The molecule has 10 heteroatoms. The number of hydrogen-bond acceptors (Lipinski definition) is 5. The lowest BCUT2D eigenvalue weighted by Crippen LogP contribution is -2.47. The Morgan fingerprint density at radius 3 is 2.48 bits per heavy atom. The van der Waals surface area contributed by atoms with Crippen LogP contribution in [0.2, 0.25) is 0 Å². The predicted molar refractivity (Wildman–Crippen MR) is 112 cm³/mol. The van der Waals surface area contributed by atoms with Crippen LogP contribution in [0.5, 0.6) is 17.2 Å². The fourth-order valence-corrected chi connectivity index (χ4v) is 4.07. The topological polar surface area (TPSA) is 77.1 Å². The number of halogens is 3. The van der Waals surface area contributed by atoms with Crippen molar-refractivity contribution in [1.82, 2.24) is 4.90 Å². The van der Waals surface area contributed by atoms with Crippen molar-refractivity contribution in [1.29, 1.82) is 0 Å². The van der Waals surface area contributed by atoms with E-state index in [9.17, 15) is 22.8 Å². The minimum absolute atomic E-state index is 0.0722. The maximum Gasteiger partial charge on any atom is 0.416 e. The number of carbonyl (C=O) groups is 2. The average molecular weight is 464 g/mol. The normalized spacial score (nSPS) is 20.7. The quantitative estimate of drug-likeness (QED) is 0.693. The molecule has 2 aromatic carbocycles. The van der Waals surface area contributed by atoms with E-state index >= 15 is 0 Å². The first kappa shape index (κ1) is 22.9. The van der Waals surface area contributed by atoms with E-state index in [4.69, 9.17) is 14.2 Å². The van der Waals surface area contributed by atoms with E-state index in [1.165, 1.54) is 25.3 Å². The van der Waals surface area contributed by atoms with E-state index in [2.05, 4.69) is 5.32 Å². The number of alkyl halides is 3. The lowest BCUT2D eigenvalue weighted by Gasteiger charge is -2.29. The largest absolute Gasteiger partial charge is 0.495 e. The van der Waals surface area contributed by atoms with Crippen LogP contribution in [0.15, 0.2) is 42.5 Å². The summed E-state index contributed by atoms with van der Waals surface area (Å²) in [5.74, 6) is 0.464. The van der Waals surface area contributed by atoms with E-state index < -0.39 is 17.8 Å². The molecule has 4 rings (SSSR count). The number of likely N-dealkylation sites (tertiary alicyclic amines) is 1. The van der Waals surface area contributed by atoms with Crippen molar-refractivity contribution in [2.45, 2.75) is 37.5 Å². The number of nitrogens with one attached hydrogen (secondary N) is 1. The second-order valence-electron chi connectivity index (χ2n) is 7.85. The molecule has 2 aromatic rings. The van der Waals surface area contributed by atoms with Crippen LogP contribution < -0.4 is 14.8 Å². The van der Waals surface area contributed by atoms with Crippen LogP contribution in [0, 0.1) is 0 Å². The molecule has 7 nitrogen and oxygen atoms in total. The highest BCUT2D eigenvalue weighted by atomic mass is 19.4. The summed E-state index contributed by atoms with van der Waals surface area (Å²) in [6.07, 6.45) is -3.04. The Bertz CT molecular complexity index is 1020. The van der Waals surface area contributed by atoms with Gasteiger partial charge in [-0.05, 0) is 49.2 Å². The minimum atomic E-state index is -4.43. The predicted octanol–water partition coefficient (Wildman–Crippen LogP) is 4.22. The Hall–Kier alpha value is -3.27. The molecule has 2 aliphatic rings. The van der Waals surface area contributed by atoms with Gasteiger partial charge in [0.15, 0.2) is 0 Å². The Morgan fingerprint density at radius 2 is 1.85 bits per heavy atom. The summed E-state index contributed by atoms with van der Waals surface area (Å²) < 4.78 is 54.6. The SMILES string of the molecule is COc1ccc(Oc2ccc(C(F)(F)F)cc2)cc1NC(=O)C1CCC(=O)N1C1CCOC1. The van der Waals surface area contributed by atoms with Crippen LogP contribution in [-0.4, -0.2) is 49.1 Å². The summed E-state index contributed by atoms with van der Waals surface area (Å²) in [5.41, 5.74) is -0.449. The standard InChI is InChI=1S/C23H23F3N2O5/c1-31-20-8-6-17(33-16-4-2-14(3-5-16)23(24,25)26)12-18(20)27-22(30)19-7-9-21(29)28(19)15-10-11-32-13-15/h2-6,8,12,15,19H,7,9-11,13H2,1H3,(H,27,30). The summed E-state index contributed by atoms with van der Waals surface area (Å²) in [4.78, 5) is 27.0. The summed E-state index contributed by atoms with van der Waals surface area (Å²) in [7, 11) is 1.45. The third kappa shape index (κ3) is 5.05. The zero-order valence-corrected chi connectivity index (χ0v) is 17.9. The molecule has 2 fully saturated rings. The number of rotatable bonds is 6. The van der Waals surface area contributed by atoms with Gasteiger partial charge in [0.05, 0.1) is 31.0 Å². The fourth-order valence-electron chi connectivity index (χ4n) is 4.07. The van der Waals surface area contributed by atoms with Gasteiger partial charge in [0, 0.05) is 19.1 Å². The molecule has 2 heterocycles. The zero-order chi connectivity index (χ0) is 23.6. The zero-order valence-electron chi connectivity index (χ0n) is 17.9. The molecule has 0 aliphatic carbocycles. The number of hydrogen-bond donors (Lipinski definition) is 1. The van der Waals surface area contributed by atoms with Crippen LogP contribution in [0.3, 0.4) is 0 Å².